The number of esters is 1. The molecule has 0 radical (unpaired) electrons. The van der Waals surface area contributed by atoms with Crippen LogP contribution in [-0.2, 0) is 16.1 Å². The standard InChI is InChI=1S/C22H20ClF2N3O4/c1-13-18(19(23)28(27-13)12-15-8-4-3-5-9-15)21(30)31-14(2)20(29)26-16-10-6-7-11-17(16)32-22(24)25/h3-11,14,22H,12H2,1-2H3,(H,26,29). The number of benzene rings is 2. The van der Waals surface area contributed by atoms with Crippen molar-refractivity contribution in [2.45, 2.75) is 33.1 Å². The zero-order valence-corrected chi connectivity index (χ0v) is 18.0. The molecule has 0 aliphatic heterocycles. The van der Waals surface area contributed by atoms with Gasteiger partial charge in [-0.2, -0.15) is 13.9 Å². The lowest BCUT2D eigenvalue weighted by atomic mass is 10.2. The first kappa shape index (κ1) is 23.2. The highest BCUT2D eigenvalue weighted by Gasteiger charge is 2.26. The van der Waals surface area contributed by atoms with Crippen molar-refractivity contribution in [1.29, 1.82) is 0 Å². The van der Waals surface area contributed by atoms with Crippen molar-refractivity contribution in [3.63, 3.8) is 0 Å². The number of aryl methyl sites for hydroxylation is 1. The largest absolute Gasteiger partial charge is 0.449 e. The summed E-state index contributed by atoms with van der Waals surface area (Å²) >= 11 is 6.35. The molecule has 1 atom stereocenters. The van der Waals surface area contributed by atoms with Gasteiger partial charge in [-0.15, -0.1) is 0 Å². The Morgan fingerprint density at radius 1 is 1.12 bits per heavy atom. The van der Waals surface area contributed by atoms with Crippen molar-refractivity contribution in [2.75, 3.05) is 5.32 Å². The molecule has 1 aromatic heterocycles. The van der Waals surface area contributed by atoms with Crippen LogP contribution in [0.4, 0.5) is 14.5 Å². The first-order valence-corrected chi connectivity index (χ1v) is 9.96. The molecule has 1 heterocycles. The number of alkyl halides is 2. The average molecular weight is 464 g/mol. The molecule has 0 aliphatic rings. The Morgan fingerprint density at radius 2 is 1.78 bits per heavy atom. The summed E-state index contributed by atoms with van der Waals surface area (Å²) in [5.41, 5.74) is 1.35. The van der Waals surface area contributed by atoms with Crippen LogP contribution in [0.5, 0.6) is 5.75 Å². The summed E-state index contributed by atoms with van der Waals surface area (Å²) < 4.78 is 36.2. The smallest absolute Gasteiger partial charge is 0.387 e. The third-order valence-corrected chi connectivity index (χ3v) is 4.84. The van der Waals surface area contributed by atoms with Crippen LogP contribution in [0.25, 0.3) is 0 Å². The van der Waals surface area contributed by atoms with Gasteiger partial charge in [0, 0.05) is 0 Å². The number of carbonyl (C=O) groups excluding carboxylic acids is 2. The van der Waals surface area contributed by atoms with Crippen LogP contribution >= 0.6 is 11.6 Å². The fourth-order valence-corrected chi connectivity index (χ4v) is 3.23. The number of aromatic nitrogens is 2. The van der Waals surface area contributed by atoms with E-state index in [-0.39, 0.29) is 22.2 Å². The van der Waals surface area contributed by atoms with Gasteiger partial charge in [-0.25, -0.2) is 9.48 Å². The van der Waals surface area contributed by atoms with Crippen LogP contribution < -0.4 is 10.1 Å². The van der Waals surface area contributed by atoms with Crippen LogP contribution in [0.15, 0.2) is 54.6 Å². The number of amides is 1. The van der Waals surface area contributed by atoms with Crippen molar-refractivity contribution in [1.82, 2.24) is 9.78 Å². The quantitative estimate of drug-likeness (QED) is 0.490. The van der Waals surface area contributed by atoms with E-state index >= 15 is 0 Å². The van der Waals surface area contributed by atoms with Crippen molar-refractivity contribution < 1.29 is 27.8 Å². The molecule has 2 aromatic carbocycles. The van der Waals surface area contributed by atoms with Crippen molar-refractivity contribution in [2.24, 2.45) is 0 Å². The van der Waals surface area contributed by atoms with E-state index in [1.54, 1.807) is 6.92 Å². The summed E-state index contributed by atoms with van der Waals surface area (Å²) in [7, 11) is 0. The molecule has 7 nitrogen and oxygen atoms in total. The van der Waals surface area contributed by atoms with E-state index in [4.69, 9.17) is 16.3 Å². The van der Waals surface area contributed by atoms with Gasteiger partial charge in [0.2, 0.25) is 0 Å². The molecule has 0 saturated carbocycles. The maximum absolute atomic E-state index is 12.7. The predicted molar refractivity (Wildman–Crippen MR) is 114 cm³/mol. The van der Waals surface area contributed by atoms with E-state index in [0.717, 1.165) is 5.56 Å². The number of para-hydroxylation sites is 2. The van der Waals surface area contributed by atoms with Crippen LogP contribution in [0.3, 0.4) is 0 Å². The van der Waals surface area contributed by atoms with Crippen molar-refractivity contribution in [3.05, 3.63) is 76.6 Å². The number of halogens is 3. The third-order valence-electron chi connectivity index (χ3n) is 4.46. The first-order valence-electron chi connectivity index (χ1n) is 9.58. The summed E-state index contributed by atoms with van der Waals surface area (Å²) in [6.45, 7) is 0.250. The summed E-state index contributed by atoms with van der Waals surface area (Å²) in [5.74, 6) is -1.77. The summed E-state index contributed by atoms with van der Waals surface area (Å²) in [6, 6.07) is 15.1. The van der Waals surface area contributed by atoms with E-state index in [2.05, 4.69) is 15.2 Å². The van der Waals surface area contributed by atoms with Gasteiger partial charge in [-0.3, -0.25) is 4.79 Å². The predicted octanol–water partition coefficient (Wildman–Crippen LogP) is 4.68. The Bertz CT molecular complexity index is 1110. The van der Waals surface area contributed by atoms with Gasteiger partial charge in [0.1, 0.15) is 16.5 Å². The molecular weight excluding hydrogens is 444 g/mol. The molecule has 0 aliphatic carbocycles. The lowest BCUT2D eigenvalue weighted by Gasteiger charge is -2.15. The number of hydrogen-bond donors (Lipinski definition) is 1. The SMILES string of the molecule is Cc1nn(Cc2ccccc2)c(Cl)c1C(=O)OC(C)C(=O)Nc1ccccc1OC(F)F. The molecular formula is C22H20ClF2N3O4. The second kappa shape index (κ2) is 10.2. The van der Waals surface area contributed by atoms with Gasteiger partial charge in [0.25, 0.3) is 5.91 Å². The molecule has 10 heteroatoms. The van der Waals surface area contributed by atoms with Crippen LogP contribution in [0, 0.1) is 6.92 Å². The van der Waals surface area contributed by atoms with E-state index in [9.17, 15) is 18.4 Å². The molecule has 1 amide bonds. The lowest BCUT2D eigenvalue weighted by Crippen LogP contribution is -2.30. The molecule has 32 heavy (non-hydrogen) atoms. The second-order valence-corrected chi connectivity index (χ2v) is 7.16. The minimum Gasteiger partial charge on any atom is -0.449 e. The van der Waals surface area contributed by atoms with Gasteiger partial charge in [-0.1, -0.05) is 54.1 Å². The van der Waals surface area contributed by atoms with Crippen molar-refractivity contribution in [3.8, 4) is 5.75 Å². The zero-order valence-electron chi connectivity index (χ0n) is 17.2. The number of anilines is 1. The Balaban J connectivity index is 1.69. The van der Waals surface area contributed by atoms with E-state index < -0.39 is 24.6 Å². The average Bonchev–Trinajstić information content (AvgIpc) is 3.02. The molecule has 0 fully saturated rings. The van der Waals surface area contributed by atoms with Gasteiger partial charge < -0.3 is 14.8 Å². The summed E-state index contributed by atoms with van der Waals surface area (Å²) in [5, 5.41) is 6.78. The van der Waals surface area contributed by atoms with Gasteiger partial charge in [-0.05, 0) is 31.5 Å². The van der Waals surface area contributed by atoms with Gasteiger partial charge in [0.05, 0.1) is 17.9 Å². The van der Waals surface area contributed by atoms with Gasteiger partial charge in [0.15, 0.2) is 6.10 Å². The normalized spacial score (nSPS) is 11.8. The molecule has 0 bridgehead atoms. The van der Waals surface area contributed by atoms with Gasteiger partial charge >= 0.3 is 12.6 Å². The van der Waals surface area contributed by atoms with E-state index in [0.29, 0.717) is 12.2 Å². The molecule has 1 unspecified atom stereocenters. The molecule has 0 saturated heterocycles. The topological polar surface area (TPSA) is 82.5 Å². The first-order chi connectivity index (χ1) is 15.3. The fraction of sp³-hybridized carbons (Fsp3) is 0.227. The third kappa shape index (κ3) is 5.61. The van der Waals surface area contributed by atoms with E-state index in [1.807, 2.05) is 30.3 Å². The van der Waals surface area contributed by atoms with Crippen LogP contribution in [0.2, 0.25) is 5.15 Å². The Morgan fingerprint density at radius 3 is 2.47 bits per heavy atom. The highest BCUT2D eigenvalue weighted by atomic mass is 35.5. The Hall–Kier alpha value is -3.46. The number of carbonyl (C=O) groups is 2. The monoisotopic (exact) mass is 463 g/mol. The highest BCUT2D eigenvalue weighted by Crippen LogP contribution is 2.26. The van der Waals surface area contributed by atoms with E-state index in [1.165, 1.54) is 35.9 Å². The van der Waals surface area contributed by atoms with Crippen LogP contribution in [-0.4, -0.2) is 34.4 Å². The Labute approximate surface area is 187 Å². The highest BCUT2D eigenvalue weighted by molar-refractivity contribution is 6.32. The second-order valence-electron chi connectivity index (χ2n) is 6.81. The maximum atomic E-state index is 12.7. The lowest BCUT2D eigenvalue weighted by molar-refractivity contribution is -0.123. The molecule has 3 aromatic rings. The number of hydrogen-bond acceptors (Lipinski definition) is 5. The number of nitrogens with one attached hydrogen (secondary N) is 1. The fourth-order valence-electron chi connectivity index (χ4n) is 2.92. The summed E-state index contributed by atoms with van der Waals surface area (Å²) in [6.07, 6.45) is -1.24. The maximum Gasteiger partial charge on any atom is 0.387 e. The number of ether oxygens (including phenoxy) is 2. The minimum atomic E-state index is -3.05. The van der Waals surface area contributed by atoms with Crippen LogP contribution in [0.1, 0.15) is 28.5 Å². The minimum absolute atomic E-state index is 0.0191. The summed E-state index contributed by atoms with van der Waals surface area (Å²) in [4.78, 5) is 25.1. The Kier molecular flexibility index (Phi) is 7.42. The number of nitrogens with zero attached hydrogens (tertiary/aromatic N) is 2. The molecule has 1 N–H and O–H groups in total. The zero-order chi connectivity index (χ0) is 23.3. The number of rotatable bonds is 8. The molecule has 168 valence electrons. The van der Waals surface area contributed by atoms with Crippen molar-refractivity contribution >= 4 is 29.2 Å². The molecule has 3 rings (SSSR count). The molecule has 0 spiro atoms.